The molecule has 1 unspecified atom stereocenters. The molecule has 0 saturated carbocycles. The predicted octanol–water partition coefficient (Wildman–Crippen LogP) is 2.88. The van der Waals surface area contributed by atoms with Gasteiger partial charge in [0.25, 0.3) is 0 Å². The van der Waals surface area contributed by atoms with E-state index in [9.17, 15) is 14.7 Å². The van der Waals surface area contributed by atoms with E-state index in [0.717, 1.165) is 24.1 Å². The van der Waals surface area contributed by atoms with Crippen LogP contribution in [0.3, 0.4) is 0 Å². The number of hydrogen-bond acceptors (Lipinski definition) is 4. The molecule has 2 aromatic rings. The van der Waals surface area contributed by atoms with Gasteiger partial charge in [-0.1, -0.05) is 36.4 Å². The highest BCUT2D eigenvalue weighted by Gasteiger charge is 2.39. The van der Waals surface area contributed by atoms with Gasteiger partial charge in [-0.2, -0.15) is 0 Å². The first-order valence-electron chi connectivity index (χ1n) is 10.1. The smallest absolute Gasteiger partial charge is 0.246 e. The highest BCUT2D eigenvalue weighted by atomic mass is 16.5. The minimum atomic E-state index is -0.572. The quantitative estimate of drug-likeness (QED) is 0.847. The van der Waals surface area contributed by atoms with Crippen LogP contribution in [0, 0.1) is 0 Å². The number of para-hydroxylation sites is 2. The maximum absolute atomic E-state index is 13.6. The molecule has 4 rings (SSSR count). The summed E-state index contributed by atoms with van der Waals surface area (Å²) in [6.45, 7) is 2.93. The third kappa shape index (κ3) is 3.98. The van der Waals surface area contributed by atoms with Crippen LogP contribution in [-0.4, -0.2) is 47.1 Å². The van der Waals surface area contributed by atoms with Crippen LogP contribution in [0.1, 0.15) is 30.9 Å². The van der Waals surface area contributed by atoms with E-state index < -0.39 is 6.04 Å². The number of benzene rings is 2. The third-order valence-electron chi connectivity index (χ3n) is 5.71. The molecule has 1 N–H and O–H groups in total. The van der Waals surface area contributed by atoms with Crippen molar-refractivity contribution in [1.82, 2.24) is 4.90 Å². The van der Waals surface area contributed by atoms with Crippen LogP contribution in [-0.2, 0) is 27.3 Å². The Morgan fingerprint density at radius 1 is 1.17 bits per heavy atom. The molecule has 0 aliphatic carbocycles. The van der Waals surface area contributed by atoms with Gasteiger partial charge in [-0.25, -0.2) is 0 Å². The van der Waals surface area contributed by atoms with Gasteiger partial charge in [0.2, 0.25) is 11.8 Å². The van der Waals surface area contributed by atoms with E-state index in [-0.39, 0.29) is 30.2 Å². The largest absolute Gasteiger partial charge is 0.508 e. The maximum Gasteiger partial charge on any atom is 0.246 e. The molecule has 0 bridgehead atoms. The second-order valence-electron chi connectivity index (χ2n) is 7.72. The van der Waals surface area contributed by atoms with Crippen molar-refractivity contribution in [1.29, 1.82) is 0 Å². The van der Waals surface area contributed by atoms with Gasteiger partial charge in [-0.05, 0) is 30.5 Å². The van der Waals surface area contributed by atoms with Crippen molar-refractivity contribution < 1.29 is 19.4 Å². The average Bonchev–Trinajstić information content (AvgIpc) is 3.35. The molecule has 6 nitrogen and oxygen atoms in total. The van der Waals surface area contributed by atoms with E-state index >= 15 is 0 Å². The van der Waals surface area contributed by atoms with Gasteiger partial charge < -0.3 is 14.7 Å². The Morgan fingerprint density at radius 2 is 1.93 bits per heavy atom. The highest BCUT2D eigenvalue weighted by molar-refractivity contribution is 6.02. The second-order valence-corrected chi connectivity index (χ2v) is 7.72. The van der Waals surface area contributed by atoms with Gasteiger partial charge in [-0.15, -0.1) is 0 Å². The minimum absolute atomic E-state index is 0.0145. The summed E-state index contributed by atoms with van der Waals surface area (Å²) in [5.74, 6) is -0.0983. The number of carbonyl (C=O) groups is 2. The number of carbonyl (C=O) groups excluding carboxylic acids is 2. The van der Waals surface area contributed by atoms with E-state index in [2.05, 4.69) is 0 Å². The van der Waals surface area contributed by atoms with E-state index in [4.69, 9.17) is 4.74 Å². The number of hydrogen-bond donors (Lipinski definition) is 1. The molecule has 1 saturated heterocycles. The average molecular weight is 394 g/mol. The fraction of sp³-hybridized carbons (Fsp3) is 0.391. The van der Waals surface area contributed by atoms with Crippen molar-refractivity contribution in [3.05, 3.63) is 59.7 Å². The zero-order valence-corrected chi connectivity index (χ0v) is 16.6. The van der Waals surface area contributed by atoms with E-state index in [1.165, 1.54) is 6.92 Å². The molecule has 0 aromatic heterocycles. The molecule has 2 aliphatic rings. The summed E-state index contributed by atoms with van der Waals surface area (Å²) in [5, 5.41) is 10.2. The molecule has 2 aromatic carbocycles. The normalized spacial score (nSPS) is 20.5. The Kier molecular flexibility index (Phi) is 5.53. The van der Waals surface area contributed by atoms with E-state index in [1.807, 2.05) is 36.4 Å². The molecular weight excluding hydrogens is 368 g/mol. The van der Waals surface area contributed by atoms with Crippen LogP contribution >= 0.6 is 0 Å². The van der Waals surface area contributed by atoms with Gasteiger partial charge in [0.15, 0.2) is 0 Å². The molecule has 29 heavy (non-hydrogen) atoms. The number of nitrogens with zero attached hydrogens (tertiary/aromatic N) is 2. The Morgan fingerprint density at radius 3 is 2.66 bits per heavy atom. The third-order valence-corrected chi connectivity index (χ3v) is 5.71. The molecule has 0 radical (unpaired) electrons. The van der Waals surface area contributed by atoms with E-state index in [0.29, 0.717) is 25.1 Å². The van der Waals surface area contributed by atoms with Gasteiger partial charge in [-0.3, -0.25) is 14.5 Å². The predicted molar refractivity (Wildman–Crippen MR) is 110 cm³/mol. The fourth-order valence-electron chi connectivity index (χ4n) is 4.30. The Labute approximate surface area is 170 Å². The van der Waals surface area contributed by atoms with Crippen molar-refractivity contribution in [3.8, 4) is 5.75 Å². The van der Waals surface area contributed by atoms with Gasteiger partial charge in [0.1, 0.15) is 11.8 Å². The first kappa shape index (κ1) is 19.5. The SMILES string of the molecule is CC(=O)N1c2ccccc2C[C@H]1C(=O)N(Cc1ccccc1O)CC1CCCO1. The summed E-state index contributed by atoms with van der Waals surface area (Å²) in [4.78, 5) is 29.4. The lowest BCUT2D eigenvalue weighted by Crippen LogP contribution is -2.50. The summed E-state index contributed by atoms with van der Waals surface area (Å²) in [6.07, 6.45) is 2.38. The second kappa shape index (κ2) is 8.25. The monoisotopic (exact) mass is 394 g/mol. The number of ether oxygens (including phenoxy) is 1. The molecule has 1 fully saturated rings. The molecule has 6 heteroatoms. The van der Waals surface area contributed by atoms with Crippen molar-refractivity contribution in [2.45, 2.75) is 44.9 Å². The first-order valence-corrected chi connectivity index (χ1v) is 10.1. The van der Waals surface area contributed by atoms with Crippen LogP contribution in [0.25, 0.3) is 0 Å². The number of phenolic OH excluding ortho intramolecular Hbond substituents is 1. The van der Waals surface area contributed by atoms with Gasteiger partial charge in [0.05, 0.1) is 6.10 Å². The Bertz CT molecular complexity index is 907. The lowest BCUT2D eigenvalue weighted by atomic mass is 10.1. The lowest BCUT2D eigenvalue weighted by Gasteiger charge is -2.31. The summed E-state index contributed by atoms with van der Waals surface area (Å²) in [6, 6.07) is 14.1. The number of anilines is 1. The Balaban J connectivity index is 1.62. The van der Waals surface area contributed by atoms with E-state index in [1.54, 1.807) is 21.9 Å². The fourth-order valence-corrected chi connectivity index (χ4v) is 4.30. The molecule has 2 amide bonds. The molecular formula is C23H26N2O4. The van der Waals surface area contributed by atoms with Crippen LogP contribution in [0.4, 0.5) is 5.69 Å². The van der Waals surface area contributed by atoms with Gasteiger partial charge >= 0.3 is 0 Å². The van der Waals surface area contributed by atoms with Crippen LogP contribution in [0.2, 0.25) is 0 Å². The van der Waals surface area contributed by atoms with Crippen molar-refractivity contribution in [2.75, 3.05) is 18.1 Å². The molecule has 152 valence electrons. The van der Waals surface area contributed by atoms with Crippen LogP contribution < -0.4 is 4.90 Å². The highest BCUT2D eigenvalue weighted by Crippen LogP contribution is 2.33. The van der Waals surface area contributed by atoms with Crippen LogP contribution in [0.15, 0.2) is 48.5 Å². The Hall–Kier alpha value is -2.86. The molecule has 0 spiro atoms. The number of rotatable bonds is 5. The van der Waals surface area contributed by atoms with Crippen molar-refractivity contribution in [2.24, 2.45) is 0 Å². The number of phenols is 1. The zero-order valence-electron chi connectivity index (χ0n) is 16.6. The summed E-state index contributed by atoms with van der Waals surface area (Å²) in [5.41, 5.74) is 2.49. The van der Waals surface area contributed by atoms with Crippen LogP contribution in [0.5, 0.6) is 5.75 Å². The zero-order chi connectivity index (χ0) is 20.4. The number of amides is 2. The minimum Gasteiger partial charge on any atom is -0.508 e. The molecule has 2 atom stereocenters. The molecule has 2 heterocycles. The number of aromatic hydroxyl groups is 1. The topological polar surface area (TPSA) is 70.1 Å². The summed E-state index contributed by atoms with van der Waals surface area (Å²) in [7, 11) is 0. The lowest BCUT2D eigenvalue weighted by molar-refractivity contribution is -0.136. The standard InChI is InChI=1S/C23H26N2O4/c1-16(26)25-20-10-4-2-7-17(20)13-21(25)23(28)24(15-19-9-6-12-29-19)14-18-8-3-5-11-22(18)27/h2-5,7-8,10-11,19,21,27H,6,9,12-15H2,1H3/t19?,21-/m0/s1. The number of fused-ring (bicyclic) bond motifs is 1. The summed E-state index contributed by atoms with van der Waals surface area (Å²) < 4.78 is 5.76. The summed E-state index contributed by atoms with van der Waals surface area (Å²) >= 11 is 0. The van der Waals surface area contributed by atoms with Crippen molar-refractivity contribution >= 4 is 17.5 Å². The van der Waals surface area contributed by atoms with Crippen molar-refractivity contribution in [3.63, 3.8) is 0 Å². The maximum atomic E-state index is 13.6. The molecule has 2 aliphatic heterocycles. The van der Waals surface area contributed by atoms with Gasteiger partial charge in [0, 0.05) is 44.3 Å². The first-order chi connectivity index (χ1) is 14.0.